The van der Waals surface area contributed by atoms with Crippen molar-refractivity contribution in [3.8, 4) is 0 Å². The SMILES string of the molecule is CN1CCC(C(N)c2cccc(C(F)(F)F)c2)C1. The molecule has 18 heavy (non-hydrogen) atoms. The molecule has 1 aliphatic rings. The highest BCUT2D eigenvalue weighted by molar-refractivity contribution is 5.28. The molecule has 0 aromatic heterocycles. The Morgan fingerprint density at radius 2 is 2.11 bits per heavy atom. The van der Waals surface area contributed by atoms with Gasteiger partial charge in [-0.05, 0) is 43.6 Å². The molecule has 1 saturated heterocycles. The summed E-state index contributed by atoms with van der Waals surface area (Å²) in [5.74, 6) is 0.235. The van der Waals surface area contributed by atoms with E-state index < -0.39 is 11.7 Å². The standard InChI is InChI=1S/C13H17F3N2/c1-18-6-5-10(8-18)12(17)9-3-2-4-11(7-9)13(14,15)16/h2-4,7,10,12H,5-6,8,17H2,1H3. The predicted molar refractivity (Wildman–Crippen MR) is 64.0 cm³/mol. The van der Waals surface area contributed by atoms with Gasteiger partial charge in [0.25, 0.3) is 0 Å². The lowest BCUT2D eigenvalue weighted by Crippen LogP contribution is -2.24. The number of rotatable bonds is 2. The second-order valence-electron chi connectivity index (χ2n) is 4.96. The number of hydrogen-bond donors (Lipinski definition) is 1. The first kappa shape index (κ1) is 13.4. The maximum Gasteiger partial charge on any atom is 0.416 e. The molecule has 2 atom stereocenters. The van der Waals surface area contributed by atoms with Crippen LogP contribution in [0.5, 0.6) is 0 Å². The van der Waals surface area contributed by atoms with Gasteiger partial charge in [-0.1, -0.05) is 12.1 Å². The molecule has 0 saturated carbocycles. The maximum atomic E-state index is 12.6. The summed E-state index contributed by atoms with van der Waals surface area (Å²) in [6.07, 6.45) is -3.36. The molecule has 0 spiro atoms. The van der Waals surface area contributed by atoms with Gasteiger partial charge in [0, 0.05) is 12.6 Å². The van der Waals surface area contributed by atoms with Gasteiger partial charge in [-0.2, -0.15) is 13.2 Å². The molecule has 2 unspecified atom stereocenters. The molecule has 100 valence electrons. The quantitative estimate of drug-likeness (QED) is 0.883. The van der Waals surface area contributed by atoms with E-state index in [-0.39, 0.29) is 12.0 Å². The highest BCUT2D eigenvalue weighted by atomic mass is 19.4. The van der Waals surface area contributed by atoms with Crippen LogP contribution in [0.3, 0.4) is 0 Å². The number of nitrogens with two attached hydrogens (primary N) is 1. The Morgan fingerprint density at radius 3 is 2.67 bits per heavy atom. The van der Waals surface area contributed by atoms with Gasteiger partial charge in [-0.15, -0.1) is 0 Å². The van der Waals surface area contributed by atoms with Crippen LogP contribution in [0, 0.1) is 5.92 Å². The fourth-order valence-electron chi connectivity index (χ4n) is 2.46. The Labute approximate surface area is 105 Å². The predicted octanol–water partition coefficient (Wildman–Crippen LogP) is 2.66. The van der Waals surface area contributed by atoms with E-state index in [1.807, 2.05) is 7.05 Å². The molecule has 0 amide bonds. The molecule has 1 aliphatic heterocycles. The molecular weight excluding hydrogens is 241 g/mol. The van der Waals surface area contributed by atoms with E-state index in [1.54, 1.807) is 6.07 Å². The van der Waals surface area contributed by atoms with Crippen molar-refractivity contribution >= 4 is 0 Å². The van der Waals surface area contributed by atoms with Gasteiger partial charge in [0.05, 0.1) is 5.56 Å². The molecule has 1 heterocycles. The van der Waals surface area contributed by atoms with Gasteiger partial charge in [0.15, 0.2) is 0 Å². The smallest absolute Gasteiger partial charge is 0.324 e. The number of benzene rings is 1. The Balaban J connectivity index is 2.18. The van der Waals surface area contributed by atoms with Gasteiger partial charge >= 0.3 is 6.18 Å². The number of hydrogen-bond acceptors (Lipinski definition) is 2. The Bertz CT molecular complexity index is 417. The van der Waals surface area contributed by atoms with Crippen molar-refractivity contribution in [3.63, 3.8) is 0 Å². The van der Waals surface area contributed by atoms with Crippen molar-refractivity contribution in [2.75, 3.05) is 20.1 Å². The van der Waals surface area contributed by atoms with E-state index in [4.69, 9.17) is 5.73 Å². The molecule has 0 aliphatic carbocycles. The zero-order chi connectivity index (χ0) is 13.3. The topological polar surface area (TPSA) is 29.3 Å². The summed E-state index contributed by atoms with van der Waals surface area (Å²) < 4.78 is 37.9. The summed E-state index contributed by atoms with van der Waals surface area (Å²) >= 11 is 0. The van der Waals surface area contributed by atoms with Crippen molar-refractivity contribution in [1.82, 2.24) is 4.90 Å². The summed E-state index contributed by atoms with van der Waals surface area (Å²) in [6, 6.07) is 5.03. The Morgan fingerprint density at radius 1 is 1.39 bits per heavy atom. The highest BCUT2D eigenvalue weighted by Crippen LogP contribution is 2.33. The third kappa shape index (κ3) is 2.84. The van der Waals surface area contributed by atoms with Crippen LogP contribution in [0.25, 0.3) is 0 Å². The van der Waals surface area contributed by atoms with Crippen LogP contribution in [0.1, 0.15) is 23.6 Å². The maximum absolute atomic E-state index is 12.6. The summed E-state index contributed by atoms with van der Waals surface area (Å²) in [5.41, 5.74) is 6.03. The van der Waals surface area contributed by atoms with Crippen LogP contribution in [0.2, 0.25) is 0 Å². The Hall–Kier alpha value is -1.07. The third-order valence-corrected chi connectivity index (χ3v) is 3.53. The molecule has 0 bridgehead atoms. The van der Waals surface area contributed by atoms with Crippen LogP contribution in [-0.4, -0.2) is 25.0 Å². The first-order chi connectivity index (χ1) is 8.38. The van der Waals surface area contributed by atoms with Gasteiger partial charge in [0.1, 0.15) is 0 Å². The van der Waals surface area contributed by atoms with Crippen LogP contribution in [0.15, 0.2) is 24.3 Å². The second kappa shape index (κ2) is 4.90. The summed E-state index contributed by atoms with van der Waals surface area (Å²) in [5, 5.41) is 0. The van der Waals surface area contributed by atoms with Crippen molar-refractivity contribution in [2.45, 2.75) is 18.6 Å². The molecule has 0 radical (unpaired) electrons. The lowest BCUT2D eigenvalue weighted by molar-refractivity contribution is -0.137. The zero-order valence-corrected chi connectivity index (χ0v) is 10.2. The van der Waals surface area contributed by atoms with Gasteiger partial charge in [-0.3, -0.25) is 0 Å². The average molecular weight is 258 g/mol. The van der Waals surface area contributed by atoms with Gasteiger partial charge in [-0.25, -0.2) is 0 Å². The van der Waals surface area contributed by atoms with Crippen molar-refractivity contribution in [1.29, 1.82) is 0 Å². The molecule has 2 nitrogen and oxygen atoms in total. The van der Waals surface area contributed by atoms with E-state index in [9.17, 15) is 13.2 Å². The van der Waals surface area contributed by atoms with Crippen LogP contribution in [-0.2, 0) is 6.18 Å². The molecule has 5 heteroatoms. The van der Waals surface area contributed by atoms with Gasteiger partial charge < -0.3 is 10.6 Å². The number of halogens is 3. The fourth-order valence-corrected chi connectivity index (χ4v) is 2.46. The average Bonchev–Trinajstić information content (AvgIpc) is 2.74. The van der Waals surface area contributed by atoms with Crippen molar-refractivity contribution in [2.24, 2.45) is 11.7 Å². The van der Waals surface area contributed by atoms with E-state index in [1.165, 1.54) is 12.1 Å². The van der Waals surface area contributed by atoms with Crippen LogP contribution < -0.4 is 5.73 Å². The summed E-state index contributed by atoms with van der Waals surface area (Å²) in [7, 11) is 2.00. The minimum atomic E-state index is -4.30. The number of alkyl halides is 3. The zero-order valence-electron chi connectivity index (χ0n) is 10.2. The summed E-state index contributed by atoms with van der Waals surface area (Å²) in [6.45, 7) is 1.80. The van der Waals surface area contributed by atoms with E-state index in [0.717, 1.165) is 25.6 Å². The van der Waals surface area contributed by atoms with E-state index >= 15 is 0 Å². The fraction of sp³-hybridized carbons (Fsp3) is 0.538. The number of nitrogens with zero attached hydrogens (tertiary/aromatic N) is 1. The monoisotopic (exact) mass is 258 g/mol. The van der Waals surface area contributed by atoms with E-state index in [0.29, 0.717) is 5.56 Å². The Kier molecular flexibility index (Phi) is 3.64. The van der Waals surface area contributed by atoms with Crippen LogP contribution in [0.4, 0.5) is 13.2 Å². The molecule has 1 aromatic rings. The molecule has 1 fully saturated rings. The lowest BCUT2D eigenvalue weighted by atomic mass is 9.92. The van der Waals surface area contributed by atoms with E-state index in [2.05, 4.69) is 4.90 Å². The number of likely N-dealkylation sites (tertiary alicyclic amines) is 1. The second-order valence-corrected chi connectivity index (χ2v) is 4.96. The van der Waals surface area contributed by atoms with Gasteiger partial charge in [0.2, 0.25) is 0 Å². The van der Waals surface area contributed by atoms with Crippen LogP contribution >= 0.6 is 0 Å². The highest BCUT2D eigenvalue weighted by Gasteiger charge is 2.32. The molecule has 2 rings (SSSR count). The summed E-state index contributed by atoms with van der Waals surface area (Å²) in [4.78, 5) is 2.15. The minimum absolute atomic E-state index is 0.235. The third-order valence-electron chi connectivity index (χ3n) is 3.53. The minimum Gasteiger partial charge on any atom is -0.324 e. The lowest BCUT2D eigenvalue weighted by Gasteiger charge is -2.20. The molecule has 1 aromatic carbocycles. The van der Waals surface area contributed by atoms with Crippen molar-refractivity contribution < 1.29 is 13.2 Å². The molecular formula is C13H17F3N2. The molecule has 2 N–H and O–H groups in total. The normalized spacial score (nSPS) is 23.3. The van der Waals surface area contributed by atoms with Crippen molar-refractivity contribution in [3.05, 3.63) is 35.4 Å². The first-order valence-corrected chi connectivity index (χ1v) is 5.99. The first-order valence-electron chi connectivity index (χ1n) is 5.99. The largest absolute Gasteiger partial charge is 0.416 e.